The van der Waals surface area contributed by atoms with E-state index in [9.17, 15) is 30.0 Å². The molecule has 10 rings (SSSR count). The summed E-state index contributed by atoms with van der Waals surface area (Å²) in [7, 11) is 0. The molecule has 2 aliphatic rings. The highest BCUT2D eigenvalue weighted by Gasteiger charge is 2.52. The Labute approximate surface area is 430 Å². The third-order valence-corrected chi connectivity index (χ3v) is 12.7. The Bertz CT molecular complexity index is 3120. The smallest absolute Gasteiger partial charge is 0.331 e. The monoisotopic (exact) mass is 1040 g/mol. The van der Waals surface area contributed by atoms with Crippen molar-refractivity contribution < 1.29 is 49.0 Å². The second-order valence-corrected chi connectivity index (χ2v) is 17.4. The van der Waals surface area contributed by atoms with Crippen molar-refractivity contribution in [3.8, 4) is 0 Å². The number of hydrogen-bond acceptors (Lipinski definition) is 26. The van der Waals surface area contributed by atoms with Crippen LogP contribution in [0.1, 0.15) is 61.3 Å². The molecule has 2 saturated heterocycles. The molecule has 30 heteroatoms. The number of nitrogen functional groups attached to an aromatic ring is 2. The van der Waals surface area contributed by atoms with E-state index in [1.807, 2.05) is 60.7 Å². The van der Waals surface area contributed by atoms with Crippen molar-refractivity contribution in [2.75, 3.05) is 47.8 Å². The number of carbonyl (C=O) groups is 2. The minimum Gasteiger partial charge on any atom is -0.453 e. The number of rotatable bonds is 20. The Kier molecular flexibility index (Phi) is 14.7. The van der Waals surface area contributed by atoms with Gasteiger partial charge in [0.25, 0.3) is 0 Å². The molecule has 8 aromatic rings. The summed E-state index contributed by atoms with van der Waals surface area (Å²) in [5.41, 5.74) is 15.3. The van der Waals surface area contributed by atoms with E-state index in [2.05, 4.69) is 60.7 Å². The molecular weight excluding hydrogens is 993 g/mol. The molecule has 0 aliphatic carbocycles. The van der Waals surface area contributed by atoms with Crippen molar-refractivity contribution in [1.82, 2.24) is 79.5 Å². The van der Waals surface area contributed by atoms with Crippen LogP contribution < -0.4 is 21.3 Å². The number of nitrogens with two attached hydrogens (primary N) is 2. The molecule has 0 unspecified atom stereocenters. The molecule has 2 fully saturated rings. The topological polar surface area (TPSA) is 385 Å². The molecule has 0 saturated carbocycles. The Morgan fingerprint density at radius 1 is 0.645 bits per heavy atom. The van der Waals surface area contributed by atoms with Gasteiger partial charge in [-0.2, -0.15) is 29.5 Å². The highest BCUT2D eigenvalue weighted by Crippen LogP contribution is 2.42. The second kappa shape index (κ2) is 22.0. The van der Waals surface area contributed by atoms with Gasteiger partial charge in [-0.25, -0.2) is 19.6 Å². The van der Waals surface area contributed by atoms with E-state index in [0.717, 1.165) is 23.3 Å². The quantitative estimate of drug-likeness (QED) is 0.0318. The van der Waals surface area contributed by atoms with Gasteiger partial charge < -0.3 is 60.6 Å². The fourth-order valence-electron chi connectivity index (χ4n) is 8.72. The van der Waals surface area contributed by atoms with E-state index < -0.39 is 74.5 Å². The van der Waals surface area contributed by atoms with Gasteiger partial charge in [0.1, 0.15) is 36.7 Å². The summed E-state index contributed by atoms with van der Waals surface area (Å²) in [6.07, 6.45) is -6.35. The van der Waals surface area contributed by atoms with Gasteiger partial charge >= 0.3 is 11.9 Å². The van der Waals surface area contributed by atoms with Gasteiger partial charge in [-0.3, -0.25) is 9.13 Å². The first-order chi connectivity index (χ1) is 36.9. The van der Waals surface area contributed by atoms with Crippen molar-refractivity contribution in [1.29, 1.82) is 0 Å². The number of fused-ring (bicyclic) bond motifs is 2. The number of hydrogen-bond donors (Lipinski definition) is 6. The van der Waals surface area contributed by atoms with Crippen molar-refractivity contribution in [3.05, 3.63) is 108 Å². The highest BCUT2D eigenvalue weighted by molar-refractivity contribution is 5.92. The minimum absolute atomic E-state index is 0.0137. The Balaban J connectivity index is 0.872. The lowest BCUT2D eigenvalue weighted by Crippen LogP contribution is -2.34. The lowest BCUT2D eigenvalue weighted by molar-refractivity contribution is -0.152. The first kappa shape index (κ1) is 50.8. The van der Waals surface area contributed by atoms with Crippen LogP contribution in [-0.2, 0) is 54.5 Å². The number of nitrogens with zero attached hydrogens (tertiary/aromatic N) is 18. The van der Waals surface area contributed by atoms with Gasteiger partial charge in [-0.15, -0.1) is 20.4 Å². The van der Waals surface area contributed by atoms with Crippen LogP contribution in [0.5, 0.6) is 0 Å². The predicted molar refractivity (Wildman–Crippen MR) is 262 cm³/mol. The molecule has 0 amide bonds. The average molecular weight is 1050 g/mol. The maximum atomic E-state index is 13.7. The van der Waals surface area contributed by atoms with E-state index in [0.29, 0.717) is 39.0 Å². The minimum atomic E-state index is -1.64. The second-order valence-electron chi connectivity index (χ2n) is 17.4. The molecule has 8 atom stereocenters. The van der Waals surface area contributed by atoms with E-state index >= 15 is 0 Å². The fourth-order valence-corrected chi connectivity index (χ4v) is 8.72. The summed E-state index contributed by atoms with van der Waals surface area (Å²) in [5.74, 6) is -2.19. The average Bonchev–Trinajstić information content (AvgIpc) is 4.32. The van der Waals surface area contributed by atoms with Gasteiger partial charge in [0.2, 0.25) is 23.5 Å². The van der Waals surface area contributed by atoms with E-state index in [1.54, 1.807) is 13.8 Å². The zero-order chi connectivity index (χ0) is 53.0. The summed E-state index contributed by atoms with van der Waals surface area (Å²) in [6.45, 7) is 3.98. The summed E-state index contributed by atoms with van der Waals surface area (Å²) in [6, 6.07) is 19.3. The number of benzene rings is 2. The molecule has 8 N–H and O–H groups in total. The van der Waals surface area contributed by atoms with Crippen molar-refractivity contribution in [3.63, 3.8) is 0 Å². The van der Waals surface area contributed by atoms with Crippen LogP contribution >= 0.6 is 0 Å². The number of tetrazole rings is 2. The Morgan fingerprint density at radius 2 is 1.05 bits per heavy atom. The number of aliphatic hydroxyl groups is 4. The first-order valence-electron chi connectivity index (χ1n) is 24.1. The molecule has 0 bridgehead atoms. The van der Waals surface area contributed by atoms with Crippen LogP contribution in [0.2, 0.25) is 0 Å². The number of ether oxygens (including phenoxy) is 4. The lowest BCUT2D eigenvalue weighted by atomic mass is 10.1. The Morgan fingerprint density at radius 3 is 1.42 bits per heavy atom. The van der Waals surface area contributed by atoms with Crippen molar-refractivity contribution in [2.24, 2.45) is 0 Å². The summed E-state index contributed by atoms with van der Waals surface area (Å²) < 4.78 is 26.9. The standard InChI is InChI=1S/C46H52N20O10/c1-3-65-57-39(55-59-65)35-33(31(71)43(75-35)63-21-49-29-37(47)51-45(53-41(29)63)61(23-67)19-17-25-11-7-5-8-12-25)73-27(69)15-16-28(70)74-34-32(72)44(76-36(34)40-56-60-66(4-2)58-40)64-22-50-30-38(48)52-46(54-42(30)64)62(24-68)20-18-26-13-9-6-10-14-26/h5-16,21-22,31-36,43-44,67-68,71-72H,3-4,17-20,23-24H2,1-2H3,(H2,47,51,53)(H2,48,52,54)/b16-15-/t31-,32-,33+,34+,35+,36+,43-,44-/m1/s1. The SMILES string of the molecule is CCn1nnc([C@H]2O[C@@H](n3cnc4c(N)nc(N(CO)CCc5ccccc5)nc43)[C@H](O)[C@@H]2OC(=O)/C=C\C(=O)O[C@H]2[C@@H](O)[C@H](n3cnc4c(N)nc(N(CO)CCc5ccccc5)nc43)O[C@@H]2c2nnn(CC)n2)n1. The normalized spacial score (nSPS) is 21.5. The zero-order valence-electron chi connectivity index (χ0n) is 40.8. The summed E-state index contributed by atoms with van der Waals surface area (Å²) in [5, 5.41) is 69.4. The summed E-state index contributed by atoms with van der Waals surface area (Å²) >= 11 is 0. The van der Waals surface area contributed by atoms with Crippen molar-refractivity contribution >= 4 is 57.8 Å². The molecule has 2 aromatic carbocycles. The van der Waals surface area contributed by atoms with Crippen LogP contribution in [0, 0.1) is 0 Å². The number of aryl methyl sites for hydroxylation is 2. The number of aromatic nitrogens is 16. The van der Waals surface area contributed by atoms with Crippen LogP contribution in [-0.4, -0.2) is 163 Å². The molecule has 2 aliphatic heterocycles. The van der Waals surface area contributed by atoms with E-state index in [1.165, 1.54) is 41.2 Å². The first-order valence-corrected chi connectivity index (χ1v) is 24.1. The van der Waals surface area contributed by atoms with Crippen molar-refractivity contribution in [2.45, 2.75) is 88.9 Å². The van der Waals surface area contributed by atoms with E-state index in [-0.39, 0.29) is 57.5 Å². The van der Waals surface area contributed by atoms with Gasteiger partial charge in [-0.05, 0) is 48.2 Å². The summed E-state index contributed by atoms with van der Waals surface area (Å²) in [4.78, 5) is 59.7. The molecule has 30 nitrogen and oxygen atoms in total. The number of aliphatic hydroxyl groups excluding tert-OH is 4. The molecule has 76 heavy (non-hydrogen) atoms. The highest BCUT2D eigenvalue weighted by atomic mass is 16.6. The Hall–Kier alpha value is -8.68. The lowest BCUT2D eigenvalue weighted by Gasteiger charge is -2.21. The fraction of sp³-hybridized carbons (Fsp3) is 0.391. The predicted octanol–water partition coefficient (Wildman–Crippen LogP) is -0.517. The van der Waals surface area contributed by atoms with Crippen LogP contribution in [0.15, 0.2) is 85.5 Å². The molecule has 0 radical (unpaired) electrons. The third-order valence-electron chi connectivity index (χ3n) is 12.7. The maximum absolute atomic E-state index is 13.7. The number of carbonyl (C=O) groups excluding carboxylic acids is 2. The van der Waals surface area contributed by atoms with E-state index in [4.69, 9.17) is 30.4 Å². The number of imidazole rings is 2. The molecule has 8 heterocycles. The molecule has 6 aromatic heterocycles. The largest absolute Gasteiger partial charge is 0.453 e. The number of anilines is 4. The third kappa shape index (κ3) is 10.3. The van der Waals surface area contributed by atoms with Crippen LogP contribution in [0.4, 0.5) is 23.5 Å². The van der Waals surface area contributed by atoms with Gasteiger partial charge in [0.05, 0.1) is 25.7 Å². The molecule has 396 valence electrons. The van der Waals surface area contributed by atoms with Gasteiger partial charge in [-0.1, -0.05) is 60.7 Å². The molecular formula is C46H52N20O10. The zero-order valence-corrected chi connectivity index (χ0v) is 40.8. The van der Waals surface area contributed by atoms with Crippen LogP contribution in [0.25, 0.3) is 22.3 Å². The number of esters is 2. The molecule has 0 spiro atoms. The van der Waals surface area contributed by atoms with Gasteiger partial charge in [0.15, 0.2) is 59.8 Å². The van der Waals surface area contributed by atoms with Gasteiger partial charge in [0, 0.05) is 25.2 Å². The van der Waals surface area contributed by atoms with Crippen LogP contribution in [0.3, 0.4) is 0 Å². The maximum Gasteiger partial charge on any atom is 0.331 e.